The maximum absolute atomic E-state index is 13.3. The third kappa shape index (κ3) is 4.68. The van der Waals surface area contributed by atoms with Crippen LogP contribution < -0.4 is 4.74 Å². The fraction of sp³-hybridized carbons (Fsp3) is 0.217. The van der Waals surface area contributed by atoms with E-state index >= 15 is 0 Å². The van der Waals surface area contributed by atoms with Crippen LogP contribution in [-0.2, 0) is 24.4 Å². The molecule has 4 aromatic rings. The molecule has 0 fully saturated rings. The minimum atomic E-state index is -4.71. The molecule has 0 radical (unpaired) electrons. The Kier molecular flexibility index (Phi) is 6.07. The van der Waals surface area contributed by atoms with Gasteiger partial charge in [-0.15, -0.1) is 0 Å². The molecule has 0 bridgehead atoms. The van der Waals surface area contributed by atoms with E-state index in [4.69, 9.17) is 16.3 Å². The number of aryl methyl sites for hydroxylation is 1. The first-order valence-corrected chi connectivity index (χ1v) is 10.3. The summed E-state index contributed by atoms with van der Waals surface area (Å²) < 4.78 is 48.3. The van der Waals surface area contributed by atoms with Crippen molar-refractivity contribution in [2.75, 3.05) is 6.61 Å². The Morgan fingerprint density at radius 3 is 2.58 bits per heavy atom. The Bertz CT molecular complexity index is 1310. The van der Waals surface area contributed by atoms with Crippen LogP contribution in [0.5, 0.6) is 5.88 Å². The predicted octanol–water partition coefficient (Wildman–Crippen LogP) is 5.36. The van der Waals surface area contributed by atoms with E-state index in [-0.39, 0.29) is 29.6 Å². The number of carboxylic acid groups (broad SMARTS) is 1. The topological polar surface area (TPSA) is 69.3 Å². The first-order chi connectivity index (χ1) is 15.6. The summed E-state index contributed by atoms with van der Waals surface area (Å²) in [5.41, 5.74) is 0.771. The second kappa shape index (κ2) is 8.82. The molecule has 172 valence electrons. The maximum Gasteiger partial charge on any atom is 0.435 e. The molecule has 0 saturated heterocycles. The number of carboxylic acids is 1. The molecule has 1 N–H and O–H groups in total. The average molecular weight is 478 g/mol. The van der Waals surface area contributed by atoms with Crippen LogP contribution in [0, 0.1) is 5.92 Å². The summed E-state index contributed by atoms with van der Waals surface area (Å²) in [6.07, 6.45) is -2.72. The number of halogens is 4. The number of nitrogens with zero attached hydrogens (tertiary/aromatic N) is 3. The lowest BCUT2D eigenvalue weighted by molar-refractivity contribution is -0.143. The van der Waals surface area contributed by atoms with Gasteiger partial charge in [0.05, 0.1) is 16.6 Å². The first kappa shape index (κ1) is 22.7. The smallest absolute Gasteiger partial charge is 0.435 e. The highest BCUT2D eigenvalue weighted by molar-refractivity contribution is 6.32. The summed E-state index contributed by atoms with van der Waals surface area (Å²) in [4.78, 5) is 11.9. The molecule has 2 aromatic heterocycles. The second-order valence-corrected chi connectivity index (χ2v) is 7.97. The van der Waals surface area contributed by atoms with Crippen LogP contribution >= 0.6 is 11.6 Å². The lowest BCUT2D eigenvalue weighted by Crippen LogP contribution is -2.24. The second-order valence-electron chi connectivity index (χ2n) is 7.56. The number of ether oxygens (including phenoxy) is 1. The van der Waals surface area contributed by atoms with E-state index in [0.717, 1.165) is 27.2 Å². The molecule has 0 aliphatic heterocycles. The van der Waals surface area contributed by atoms with E-state index in [1.54, 1.807) is 12.1 Å². The van der Waals surface area contributed by atoms with Crippen molar-refractivity contribution in [1.82, 2.24) is 14.3 Å². The Hall–Kier alpha value is -3.46. The third-order valence-electron chi connectivity index (χ3n) is 5.28. The Labute approximate surface area is 191 Å². The molecular weight excluding hydrogens is 459 g/mol. The lowest BCUT2D eigenvalue weighted by Gasteiger charge is -2.15. The molecule has 0 aliphatic carbocycles. The van der Waals surface area contributed by atoms with Crippen molar-refractivity contribution in [2.24, 2.45) is 13.0 Å². The Morgan fingerprint density at radius 1 is 1.18 bits per heavy atom. The molecule has 2 aromatic carbocycles. The summed E-state index contributed by atoms with van der Waals surface area (Å²) in [6, 6.07) is 14.5. The van der Waals surface area contributed by atoms with Gasteiger partial charge in [0.15, 0.2) is 5.69 Å². The van der Waals surface area contributed by atoms with Crippen molar-refractivity contribution < 1.29 is 27.8 Å². The highest BCUT2D eigenvalue weighted by Crippen LogP contribution is 2.34. The van der Waals surface area contributed by atoms with Gasteiger partial charge in [-0.3, -0.25) is 4.79 Å². The number of aromatic nitrogens is 3. The minimum absolute atomic E-state index is 0.142. The van der Waals surface area contributed by atoms with Gasteiger partial charge >= 0.3 is 12.1 Å². The van der Waals surface area contributed by atoms with Crippen molar-refractivity contribution in [3.63, 3.8) is 0 Å². The molecule has 33 heavy (non-hydrogen) atoms. The van der Waals surface area contributed by atoms with Gasteiger partial charge in [0, 0.05) is 30.2 Å². The summed E-state index contributed by atoms with van der Waals surface area (Å²) >= 11 is 6.14. The first-order valence-electron chi connectivity index (χ1n) is 9.96. The van der Waals surface area contributed by atoms with E-state index in [0.29, 0.717) is 0 Å². The summed E-state index contributed by atoms with van der Waals surface area (Å²) in [5, 5.41) is 14.4. The van der Waals surface area contributed by atoms with Crippen LogP contribution in [0.3, 0.4) is 0 Å². The number of hydrogen-bond acceptors (Lipinski definition) is 3. The highest BCUT2D eigenvalue weighted by Gasteiger charge is 2.36. The summed E-state index contributed by atoms with van der Waals surface area (Å²) in [7, 11) is 1.86. The molecule has 10 heteroatoms. The number of benzene rings is 2. The van der Waals surface area contributed by atoms with Gasteiger partial charge in [-0.05, 0) is 30.2 Å². The predicted molar refractivity (Wildman–Crippen MR) is 117 cm³/mol. The van der Waals surface area contributed by atoms with E-state index in [1.165, 1.54) is 12.1 Å². The number of para-hydroxylation sites is 2. The SMILES string of the molecule is Cn1cc(CC(COc2cc(C(F)(F)F)nn2-c2ccccc2Cl)C(=O)O)c2ccccc21. The monoisotopic (exact) mass is 477 g/mol. The molecular formula is C23H19ClF3N3O3. The van der Waals surface area contributed by atoms with Crippen LogP contribution in [-0.4, -0.2) is 32.0 Å². The fourth-order valence-corrected chi connectivity index (χ4v) is 3.87. The third-order valence-corrected chi connectivity index (χ3v) is 5.59. The zero-order chi connectivity index (χ0) is 23.8. The molecule has 4 rings (SSSR count). The van der Waals surface area contributed by atoms with Gasteiger partial charge in [0.1, 0.15) is 6.61 Å². The van der Waals surface area contributed by atoms with Crippen molar-refractivity contribution in [2.45, 2.75) is 12.6 Å². The molecule has 0 spiro atoms. The van der Waals surface area contributed by atoms with E-state index < -0.39 is 23.8 Å². The van der Waals surface area contributed by atoms with Gasteiger partial charge in [-0.1, -0.05) is 41.9 Å². The van der Waals surface area contributed by atoms with Crippen LogP contribution in [0.4, 0.5) is 13.2 Å². The standard InChI is InChI=1S/C23H19ClF3N3O3/c1-29-12-14(16-6-2-4-8-18(16)29)10-15(22(31)32)13-33-21-11-20(23(25,26)27)28-30(21)19-9-5-3-7-17(19)24/h2-9,11-12,15H,10,13H2,1H3,(H,31,32). The van der Waals surface area contributed by atoms with Crippen molar-refractivity contribution in [3.8, 4) is 11.6 Å². The van der Waals surface area contributed by atoms with Gasteiger partial charge in [-0.25, -0.2) is 0 Å². The van der Waals surface area contributed by atoms with E-state index in [1.807, 2.05) is 42.1 Å². The van der Waals surface area contributed by atoms with Crippen molar-refractivity contribution >= 4 is 28.5 Å². The number of alkyl halides is 3. The number of aliphatic carboxylic acids is 1. The quantitative estimate of drug-likeness (QED) is 0.389. The lowest BCUT2D eigenvalue weighted by atomic mass is 10.00. The van der Waals surface area contributed by atoms with Gasteiger partial charge in [0.2, 0.25) is 5.88 Å². The molecule has 0 saturated carbocycles. The summed E-state index contributed by atoms with van der Waals surface area (Å²) in [6.45, 7) is -0.355. The highest BCUT2D eigenvalue weighted by atomic mass is 35.5. The van der Waals surface area contributed by atoms with Crippen LogP contribution in [0.15, 0.2) is 60.8 Å². The largest absolute Gasteiger partial charge is 0.481 e. The molecule has 0 amide bonds. The normalized spacial score (nSPS) is 12.8. The molecule has 1 unspecified atom stereocenters. The summed E-state index contributed by atoms with van der Waals surface area (Å²) in [5.74, 6) is -2.37. The average Bonchev–Trinajstić information content (AvgIpc) is 3.33. The van der Waals surface area contributed by atoms with Crippen LogP contribution in [0.25, 0.3) is 16.6 Å². The minimum Gasteiger partial charge on any atom is -0.481 e. The number of rotatable bonds is 7. The van der Waals surface area contributed by atoms with Crippen molar-refractivity contribution in [3.05, 3.63) is 77.1 Å². The number of hydrogen-bond donors (Lipinski definition) is 1. The molecule has 0 aliphatic rings. The molecule has 6 nitrogen and oxygen atoms in total. The number of fused-ring (bicyclic) bond motifs is 1. The van der Waals surface area contributed by atoms with Gasteiger partial charge in [-0.2, -0.15) is 23.0 Å². The Balaban J connectivity index is 1.63. The molecule has 2 heterocycles. The maximum atomic E-state index is 13.3. The van der Waals surface area contributed by atoms with E-state index in [2.05, 4.69) is 5.10 Å². The van der Waals surface area contributed by atoms with Gasteiger partial charge < -0.3 is 14.4 Å². The zero-order valence-corrected chi connectivity index (χ0v) is 18.1. The zero-order valence-electron chi connectivity index (χ0n) is 17.4. The van der Waals surface area contributed by atoms with Crippen LogP contribution in [0.2, 0.25) is 5.02 Å². The van der Waals surface area contributed by atoms with E-state index in [9.17, 15) is 23.1 Å². The number of carbonyl (C=O) groups is 1. The Morgan fingerprint density at radius 2 is 1.88 bits per heavy atom. The fourth-order valence-electron chi connectivity index (χ4n) is 3.66. The van der Waals surface area contributed by atoms with Crippen LogP contribution in [0.1, 0.15) is 11.3 Å². The molecule has 1 atom stereocenters. The van der Waals surface area contributed by atoms with Crippen molar-refractivity contribution in [1.29, 1.82) is 0 Å². The van der Waals surface area contributed by atoms with Gasteiger partial charge in [0.25, 0.3) is 0 Å².